The second-order valence-electron chi connectivity index (χ2n) is 6.62. The van der Waals surface area contributed by atoms with Crippen LogP contribution in [-0.2, 0) is 4.79 Å². The normalized spacial score (nSPS) is 20.8. The Kier molecular flexibility index (Phi) is 5.14. The van der Waals surface area contributed by atoms with E-state index in [4.69, 9.17) is 4.74 Å². The summed E-state index contributed by atoms with van der Waals surface area (Å²) in [6.07, 6.45) is 3.76. The van der Waals surface area contributed by atoms with Crippen molar-refractivity contribution in [2.24, 2.45) is 11.0 Å². The highest BCUT2D eigenvalue weighted by atomic mass is 16.5. The number of nitrogens with zero attached hydrogens (tertiary/aromatic N) is 1. The van der Waals surface area contributed by atoms with Gasteiger partial charge in [-0.05, 0) is 61.4 Å². The lowest BCUT2D eigenvalue weighted by atomic mass is 9.89. The molecule has 0 unspecified atom stereocenters. The number of rotatable bonds is 4. The number of ether oxygens (including phenoxy) is 1. The predicted molar refractivity (Wildman–Crippen MR) is 97.2 cm³/mol. The number of hydrogen-bond acceptors (Lipinski definition) is 3. The van der Waals surface area contributed by atoms with E-state index >= 15 is 0 Å². The van der Waals surface area contributed by atoms with Crippen LogP contribution < -0.4 is 10.2 Å². The summed E-state index contributed by atoms with van der Waals surface area (Å²) in [6.45, 7) is 3.97. The minimum absolute atomic E-state index is 0.214. The highest BCUT2D eigenvalue weighted by Crippen LogP contribution is 2.22. The lowest BCUT2D eigenvalue weighted by Crippen LogP contribution is -2.34. The molecule has 1 amide bonds. The molecule has 0 spiro atoms. The second kappa shape index (κ2) is 7.47. The van der Waals surface area contributed by atoms with E-state index in [2.05, 4.69) is 23.5 Å². The van der Waals surface area contributed by atoms with Gasteiger partial charge in [0.15, 0.2) is 6.10 Å². The quantitative estimate of drug-likeness (QED) is 0.853. The Labute approximate surface area is 142 Å². The molecule has 4 nitrogen and oxygen atoms in total. The number of carbonyl (C=O) groups excluding carboxylic acids is 1. The molecule has 2 atom stereocenters. The first kappa shape index (κ1) is 16.5. The first-order valence-electron chi connectivity index (χ1n) is 8.62. The molecule has 0 saturated heterocycles. The van der Waals surface area contributed by atoms with Gasteiger partial charge in [-0.15, -0.1) is 0 Å². The SMILES string of the molecule is C[C@@H]1CCC/C(=N/NC(=O)[C@H](C)Oc2ccc3ccccc3c2)C1. The smallest absolute Gasteiger partial charge is 0.280 e. The van der Waals surface area contributed by atoms with Gasteiger partial charge in [0.25, 0.3) is 5.91 Å². The van der Waals surface area contributed by atoms with Crippen LogP contribution in [0.15, 0.2) is 47.6 Å². The summed E-state index contributed by atoms with van der Waals surface area (Å²) in [7, 11) is 0. The molecule has 2 aromatic carbocycles. The molecular formula is C20H24N2O2. The van der Waals surface area contributed by atoms with Crippen molar-refractivity contribution in [3.05, 3.63) is 42.5 Å². The minimum atomic E-state index is -0.587. The minimum Gasteiger partial charge on any atom is -0.481 e. The van der Waals surface area contributed by atoms with E-state index in [1.54, 1.807) is 6.92 Å². The molecule has 1 saturated carbocycles. The van der Waals surface area contributed by atoms with Gasteiger partial charge in [0.1, 0.15) is 5.75 Å². The molecule has 126 valence electrons. The van der Waals surface area contributed by atoms with Crippen LogP contribution in [0, 0.1) is 5.92 Å². The molecule has 24 heavy (non-hydrogen) atoms. The van der Waals surface area contributed by atoms with E-state index < -0.39 is 6.10 Å². The number of fused-ring (bicyclic) bond motifs is 1. The summed E-state index contributed by atoms with van der Waals surface area (Å²) in [5.41, 5.74) is 3.74. The van der Waals surface area contributed by atoms with E-state index in [-0.39, 0.29) is 5.91 Å². The van der Waals surface area contributed by atoms with Crippen LogP contribution >= 0.6 is 0 Å². The average molecular weight is 324 g/mol. The maximum atomic E-state index is 12.2. The monoisotopic (exact) mass is 324 g/mol. The fourth-order valence-corrected chi connectivity index (χ4v) is 3.09. The van der Waals surface area contributed by atoms with Crippen molar-refractivity contribution < 1.29 is 9.53 Å². The molecule has 0 bridgehead atoms. The van der Waals surface area contributed by atoms with Crippen molar-refractivity contribution in [3.63, 3.8) is 0 Å². The van der Waals surface area contributed by atoms with Crippen LogP contribution in [0.4, 0.5) is 0 Å². The Hall–Kier alpha value is -2.36. The Morgan fingerprint density at radius 2 is 2.04 bits per heavy atom. The highest BCUT2D eigenvalue weighted by molar-refractivity contribution is 5.88. The number of benzene rings is 2. The molecule has 2 aromatic rings. The molecule has 0 aliphatic heterocycles. The first-order valence-corrected chi connectivity index (χ1v) is 8.62. The summed E-state index contributed by atoms with van der Waals surface area (Å²) < 4.78 is 5.76. The Morgan fingerprint density at radius 1 is 1.25 bits per heavy atom. The fourth-order valence-electron chi connectivity index (χ4n) is 3.09. The Bertz CT molecular complexity index is 754. The maximum absolute atomic E-state index is 12.2. The lowest BCUT2D eigenvalue weighted by Gasteiger charge is -2.19. The number of hydrogen-bond donors (Lipinski definition) is 1. The zero-order valence-electron chi connectivity index (χ0n) is 14.3. The molecule has 1 aliphatic rings. The summed E-state index contributed by atoms with van der Waals surface area (Å²) in [4.78, 5) is 12.2. The fraction of sp³-hybridized carbons (Fsp3) is 0.400. The standard InChI is InChI=1S/C20H24N2O2/c1-14-6-5-9-18(12-14)21-22-20(23)15(2)24-19-11-10-16-7-3-4-8-17(16)13-19/h3-4,7-8,10-11,13-15H,5-6,9,12H2,1-2H3,(H,22,23)/b21-18-/t14-,15+/m1/s1. The van der Waals surface area contributed by atoms with Crippen molar-refractivity contribution in [3.8, 4) is 5.75 Å². The largest absolute Gasteiger partial charge is 0.481 e. The molecule has 1 N–H and O–H groups in total. The third-order valence-electron chi connectivity index (χ3n) is 4.47. The summed E-state index contributed by atoms with van der Waals surface area (Å²) in [5, 5.41) is 6.53. The molecule has 0 radical (unpaired) electrons. The van der Waals surface area contributed by atoms with Gasteiger partial charge in [0.2, 0.25) is 0 Å². The van der Waals surface area contributed by atoms with Gasteiger partial charge >= 0.3 is 0 Å². The van der Waals surface area contributed by atoms with Crippen LogP contribution in [0.5, 0.6) is 5.75 Å². The number of hydrazone groups is 1. The van der Waals surface area contributed by atoms with Gasteiger partial charge in [0, 0.05) is 5.71 Å². The van der Waals surface area contributed by atoms with Gasteiger partial charge in [-0.25, -0.2) is 5.43 Å². The van der Waals surface area contributed by atoms with Gasteiger partial charge in [-0.1, -0.05) is 37.3 Å². The van der Waals surface area contributed by atoms with E-state index in [0.717, 1.165) is 35.7 Å². The highest BCUT2D eigenvalue weighted by Gasteiger charge is 2.17. The van der Waals surface area contributed by atoms with E-state index in [1.165, 1.54) is 6.42 Å². The van der Waals surface area contributed by atoms with Crippen molar-refractivity contribution in [1.29, 1.82) is 0 Å². The molecule has 1 fully saturated rings. The maximum Gasteiger partial charge on any atom is 0.280 e. The topological polar surface area (TPSA) is 50.7 Å². The van der Waals surface area contributed by atoms with Crippen LogP contribution in [-0.4, -0.2) is 17.7 Å². The zero-order chi connectivity index (χ0) is 16.9. The Balaban J connectivity index is 1.59. The first-order chi connectivity index (χ1) is 11.6. The van der Waals surface area contributed by atoms with E-state index in [9.17, 15) is 4.79 Å². The van der Waals surface area contributed by atoms with E-state index in [1.807, 2.05) is 36.4 Å². The molecule has 4 heteroatoms. The summed E-state index contributed by atoms with van der Waals surface area (Å²) in [6, 6.07) is 13.9. The van der Waals surface area contributed by atoms with Crippen molar-refractivity contribution in [2.75, 3.05) is 0 Å². The average Bonchev–Trinajstić information content (AvgIpc) is 2.59. The number of amides is 1. The van der Waals surface area contributed by atoms with Gasteiger partial charge < -0.3 is 4.74 Å². The van der Waals surface area contributed by atoms with Crippen molar-refractivity contribution >= 4 is 22.4 Å². The summed E-state index contributed by atoms with van der Waals surface area (Å²) >= 11 is 0. The summed E-state index contributed by atoms with van der Waals surface area (Å²) in [5.74, 6) is 1.13. The van der Waals surface area contributed by atoms with Gasteiger partial charge in [-0.3, -0.25) is 4.79 Å². The predicted octanol–water partition coefficient (Wildman–Crippen LogP) is 4.29. The van der Waals surface area contributed by atoms with Crippen LogP contribution in [0.3, 0.4) is 0 Å². The third-order valence-corrected chi connectivity index (χ3v) is 4.47. The van der Waals surface area contributed by atoms with Crippen LogP contribution in [0.2, 0.25) is 0 Å². The Morgan fingerprint density at radius 3 is 2.83 bits per heavy atom. The molecular weight excluding hydrogens is 300 g/mol. The van der Waals surface area contributed by atoms with Crippen LogP contribution in [0.25, 0.3) is 10.8 Å². The zero-order valence-corrected chi connectivity index (χ0v) is 14.3. The molecule has 0 heterocycles. The third kappa shape index (κ3) is 4.13. The van der Waals surface area contributed by atoms with Gasteiger partial charge in [-0.2, -0.15) is 5.10 Å². The molecule has 0 aromatic heterocycles. The molecule has 3 rings (SSSR count). The number of carbonyl (C=O) groups is 1. The molecule has 1 aliphatic carbocycles. The second-order valence-corrected chi connectivity index (χ2v) is 6.62. The van der Waals surface area contributed by atoms with Crippen LogP contribution in [0.1, 0.15) is 39.5 Å². The van der Waals surface area contributed by atoms with Crippen molar-refractivity contribution in [2.45, 2.75) is 45.6 Å². The van der Waals surface area contributed by atoms with Gasteiger partial charge in [0.05, 0.1) is 0 Å². The van der Waals surface area contributed by atoms with Crippen molar-refractivity contribution in [1.82, 2.24) is 5.43 Å². The lowest BCUT2D eigenvalue weighted by molar-refractivity contribution is -0.127. The number of nitrogens with one attached hydrogen (secondary N) is 1. The van der Waals surface area contributed by atoms with E-state index in [0.29, 0.717) is 11.7 Å².